The maximum absolute atomic E-state index is 6.02. The van der Waals surface area contributed by atoms with Gasteiger partial charge in [0, 0.05) is 42.7 Å². The largest absolute Gasteiger partial charge is 0.329 e. The molecule has 2 atom stereocenters. The van der Waals surface area contributed by atoms with Gasteiger partial charge in [0.2, 0.25) is 0 Å². The van der Waals surface area contributed by atoms with E-state index in [1.165, 1.54) is 5.56 Å². The summed E-state index contributed by atoms with van der Waals surface area (Å²) in [5, 5.41) is 0. The van der Waals surface area contributed by atoms with Gasteiger partial charge in [-0.05, 0) is 31.2 Å². The van der Waals surface area contributed by atoms with Crippen LogP contribution in [0.25, 0.3) is 0 Å². The Morgan fingerprint density at radius 2 is 2.00 bits per heavy atom. The number of benzene rings is 1. The summed E-state index contributed by atoms with van der Waals surface area (Å²) in [5.74, 6) is 0. The monoisotopic (exact) mass is 325 g/mol. The molecule has 0 bridgehead atoms. The summed E-state index contributed by atoms with van der Waals surface area (Å²) in [7, 11) is 0. The van der Waals surface area contributed by atoms with Crippen LogP contribution >= 0.6 is 15.9 Å². The van der Waals surface area contributed by atoms with E-state index in [0.717, 1.165) is 30.7 Å². The van der Waals surface area contributed by atoms with Gasteiger partial charge in [0.1, 0.15) is 0 Å². The number of halogens is 1. The number of hydrogen-bond donors (Lipinski definition) is 1. The summed E-state index contributed by atoms with van der Waals surface area (Å²) in [5.41, 5.74) is 7.34. The number of hydrogen-bond acceptors (Lipinski definition) is 3. The van der Waals surface area contributed by atoms with E-state index in [9.17, 15) is 0 Å². The predicted octanol–water partition coefficient (Wildman–Crippen LogP) is 2.47. The van der Waals surface area contributed by atoms with Gasteiger partial charge in [-0.25, -0.2) is 0 Å². The molecule has 0 radical (unpaired) electrons. The second-order valence-electron chi connectivity index (χ2n) is 5.28. The van der Waals surface area contributed by atoms with Crippen molar-refractivity contribution in [3.8, 4) is 0 Å². The summed E-state index contributed by atoms with van der Waals surface area (Å²) < 4.78 is 1.12. The van der Waals surface area contributed by atoms with Crippen LogP contribution in [0.2, 0.25) is 0 Å². The van der Waals surface area contributed by atoms with Crippen molar-refractivity contribution >= 4 is 15.9 Å². The van der Waals surface area contributed by atoms with E-state index in [4.69, 9.17) is 5.73 Å². The van der Waals surface area contributed by atoms with Gasteiger partial charge in [0.05, 0.1) is 0 Å². The number of likely N-dealkylation sites (N-methyl/N-ethyl adjacent to an activating group) is 1. The molecule has 0 saturated carbocycles. The smallest absolute Gasteiger partial charge is 0.0471 e. The standard InChI is InChI=1S/C15H24BrN3/c1-3-18-8-9-19(11-12(18)2)15(10-17)13-4-6-14(16)7-5-13/h4-7,12,15H,3,8-11,17H2,1-2H3. The lowest BCUT2D eigenvalue weighted by atomic mass is 10.0. The first-order valence-corrected chi connectivity index (χ1v) is 7.88. The Morgan fingerprint density at radius 1 is 1.32 bits per heavy atom. The van der Waals surface area contributed by atoms with Crippen molar-refractivity contribution in [2.75, 3.05) is 32.7 Å². The van der Waals surface area contributed by atoms with Crippen molar-refractivity contribution in [1.29, 1.82) is 0 Å². The molecular weight excluding hydrogens is 302 g/mol. The molecule has 2 rings (SSSR count). The molecule has 1 aliphatic heterocycles. The van der Waals surface area contributed by atoms with Crippen LogP contribution in [0.1, 0.15) is 25.5 Å². The van der Waals surface area contributed by atoms with Gasteiger partial charge >= 0.3 is 0 Å². The lowest BCUT2D eigenvalue weighted by Crippen LogP contribution is -2.53. The van der Waals surface area contributed by atoms with E-state index in [0.29, 0.717) is 18.6 Å². The van der Waals surface area contributed by atoms with Gasteiger partial charge in [0.15, 0.2) is 0 Å². The molecule has 3 nitrogen and oxygen atoms in total. The quantitative estimate of drug-likeness (QED) is 0.923. The van der Waals surface area contributed by atoms with Crippen LogP contribution in [0.3, 0.4) is 0 Å². The van der Waals surface area contributed by atoms with Crippen molar-refractivity contribution < 1.29 is 0 Å². The average molecular weight is 326 g/mol. The average Bonchev–Trinajstić information content (AvgIpc) is 2.42. The molecule has 0 aliphatic carbocycles. The minimum atomic E-state index is 0.342. The Balaban J connectivity index is 2.08. The summed E-state index contributed by atoms with van der Waals surface area (Å²) in [6.45, 7) is 9.72. The minimum absolute atomic E-state index is 0.342. The van der Waals surface area contributed by atoms with Gasteiger partial charge in [0.25, 0.3) is 0 Å². The lowest BCUT2D eigenvalue weighted by molar-refractivity contribution is 0.0606. The SMILES string of the molecule is CCN1CCN(C(CN)c2ccc(Br)cc2)CC1C. The topological polar surface area (TPSA) is 32.5 Å². The van der Waals surface area contributed by atoms with E-state index in [1.807, 2.05) is 0 Å². The van der Waals surface area contributed by atoms with Crippen LogP contribution in [0, 0.1) is 0 Å². The van der Waals surface area contributed by atoms with Gasteiger partial charge < -0.3 is 5.73 Å². The lowest BCUT2D eigenvalue weighted by Gasteiger charge is -2.42. The van der Waals surface area contributed by atoms with E-state index in [2.05, 4.69) is 63.8 Å². The molecule has 1 aliphatic rings. The number of nitrogens with zero attached hydrogens (tertiary/aromatic N) is 2. The molecule has 106 valence electrons. The zero-order chi connectivity index (χ0) is 13.8. The Labute approximate surface area is 124 Å². The number of rotatable bonds is 4. The van der Waals surface area contributed by atoms with Crippen LogP contribution in [-0.2, 0) is 0 Å². The summed E-state index contributed by atoms with van der Waals surface area (Å²) >= 11 is 3.49. The van der Waals surface area contributed by atoms with Crippen molar-refractivity contribution in [2.45, 2.75) is 25.9 Å². The molecular formula is C15H24BrN3. The van der Waals surface area contributed by atoms with Gasteiger partial charge in [-0.1, -0.05) is 35.0 Å². The van der Waals surface area contributed by atoms with E-state index < -0.39 is 0 Å². The highest BCUT2D eigenvalue weighted by Crippen LogP contribution is 2.24. The van der Waals surface area contributed by atoms with Gasteiger partial charge in [-0.15, -0.1) is 0 Å². The van der Waals surface area contributed by atoms with E-state index in [-0.39, 0.29) is 0 Å². The van der Waals surface area contributed by atoms with Crippen LogP contribution < -0.4 is 5.73 Å². The van der Waals surface area contributed by atoms with Crippen molar-refractivity contribution in [3.05, 3.63) is 34.3 Å². The molecule has 4 heteroatoms. The fourth-order valence-electron chi connectivity index (χ4n) is 2.96. The molecule has 0 spiro atoms. The summed E-state index contributed by atoms with van der Waals surface area (Å²) in [4.78, 5) is 5.06. The van der Waals surface area contributed by atoms with Crippen LogP contribution in [0.15, 0.2) is 28.7 Å². The Kier molecular flexibility index (Phi) is 5.39. The highest BCUT2D eigenvalue weighted by atomic mass is 79.9. The molecule has 2 N–H and O–H groups in total. The Bertz CT molecular complexity index is 393. The molecule has 1 aromatic carbocycles. The molecule has 0 aromatic heterocycles. The normalized spacial score (nSPS) is 23.5. The Hall–Kier alpha value is -0.420. The molecule has 2 unspecified atom stereocenters. The molecule has 0 amide bonds. The first kappa shape index (κ1) is 15.0. The molecule has 1 heterocycles. The van der Waals surface area contributed by atoms with Crippen LogP contribution in [0.4, 0.5) is 0 Å². The fourth-order valence-corrected chi connectivity index (χ4v) is 3.22. The highest BCUT2D eigenvalue weighted by molar-refractivity contribution is 9.10. The maximum atomic E-state index is 6.02. The third-order valence-corrected chi connectivity index (χ3v) is 4.65. The maximum Gasteiger partial charge on any atom is 0.0471 e. The number of piperazine rings is 1. The first-order chi connectivity index (χ1) is 9.15. The van der Waals surface area contributed by atoms with Gasteiger partial charge in [-0.2, -0.15) is 0 Å². The Morgan fingerprint density at radius 3 is 2.53 bits per heavy atom. The third-order valence-electron chi connectivity index (χ3n) is 4.12. The minimum Gasteiger partial charge on any atom is -0.329 e. The molecule has 1 fully saturated rings. The van der Waals surface area contributed by atoms with Crippen molar-refractivity contribution in [3.63, 3.8) is 0 Å². The van der Waals surface area contributed by atoms with Crippen molar-refractivity contribution in [1.82, 2.24) is 9.80 Å². The second kappa shape index (κ2) is 6.84. The van der Waals surface area contributed by atoms with E-state index >= 15 is 0 Å². The van der Waals surface area contributed by atoms with Gasteiger partial charge in [-0.3, -0.25) is 9.80 Å². The number of nitrogens with two attached hydrogens (primary N) is 1. The van der Waals surface area contributed by atoms with Crippen LogP contribution in [-0.4, -0.2) is 48.6 Å². The molecule has 19 heavy (non-hydrogen) atoms. The second-order valence-corrected chi connectivity index (χ2v) is 6.19. The molecule has 1 saturated heterocycles. The van der Waals surface area contributed by atoms with Crippen LogP contribution in [0.5, 0.6) is 0 Å². The van der Waals surface area contributed by atoms with Crippen molar-refractivity contribution in [2.24, 2.45) is 5.73 Å². The van der Waals surface area contributed by atoms with E-state index in [1.54, 1.807) is 0 Å². The fraction of sp³-hybridized carbons (Fsp3) is 0.600. The third kappa shape index (κ3) is 3.57. The summed E-state index contributed by atoms with van der Waals surface area (Å²) in [6.07, 6.45) is 0. The zero-order valence-corrected chi connectivity index (χ0v) is 13.4. The zero-order valence-electron chi connectivity index (χ0n) is 11.8. The summed E-state index contributed by atoms with van der Waals surface area (Å²) in [6, 6.07) is 9.52. The highest BCUT2D eigenvalue weighted by Gasteiger charge is 2.27. The first-order valence-electron chi connectivity index (χ1n) is 7.09. The molecule has 1 aromatic rings. The predicted molar refractivity (Wildman–Crippen MR) is 84.2 cm³/mol.